The molecule has 0 unspecified atom stereocenters. The molecule has 2 aromatic carbocycles. The Morgan fingerprint density at radius 3 is 2.77 bits per heavy atom. The predicted octanol–water partition coefficient (Wildman–Crippen LogP) is 5.94. The Morgan fingerprint density at radius 2 is 2.02 bits per heavy atom. The number of hydrogen-bond donors (Lipinski definition) is 2. The van der Waals surface area contributed by atoms with E-state index < -0.39 is 21.2 Å². The molecule has 4 aliphatic rings. The average molecular weight is 698 g/mol. The van der Waals surface area contributed by atoms with Gasteiger partial charge < -0.3 is 19.7 Å². The van der Waals surface area contributed by atoms with Gasteiger partial charge in [0.1, 0.15) is 12.4 Å². The van der Waals surface area contributed by atoms with Crippen molar-refractivity contribution in [2.45, 2.75) is 94.9 Å². The molecule has 2 heterocycles. The third-order valence-electron chi connectivity index (χ3n) is 10.6. The van der Waals surface area contributed by atoms with E-state index in [2.05, 4.69) is 27.1 Å². The average Bonchev–Trinajstić information content (AvgIpc) is 3.17. The summed E-state index contributed by atoms with van der Waals surface area (Å²) in [4.78, 5) is 28.4. The van der Waals surface area contributed by atoms with Gasteiger partial charge in [0.25, 0.3) is 5.91 Å². The van der Waals surface area contributed by atoms with Gasteiger partial charge >= 0.3 is 0 Å². The van der Waals surface area contributed by atoms with Crippen LogP contribution >= 0.6 is 11.6 Å². The van der Waals surface area contributed by atoms with Crippen LogP contribution in [0.25, 0.3) is 0 Å². The zero-order chi connectivity index (χ0) is 34.1. The van der Waals surface area contributed by atoms with Crippen LogP contribution < -0.4 is 19.7 Å². The zero-order valence-corrected chi connectivity index (χ0v) is 29.7. The van der Waals surface area contributed by atoms with E-state index in [1.165, 1.54) is 11.1 Å². The molecule has 0 radical (unpaired) electrons. The predicted molar refractivity (Wildman–Crippen MR) is 188 cm³/mol. The van der Waals surface area contributed by atoms with Gasteiger partial charge in [-0.25, -0.2) is 13.1 Å². The third kappa shape index (κ3) is 7.41. The molecule has 6 rings (SSSR count). The molecule has 9 nitrogen and oxygen atoms in total. The van der Waals surface area contributed by atoms with Crippen LogP contribution in [-0.4, -0.2) is 63.9 Å². The van der Waals surface area contributed by atoms with E-state index in [4.69, 9.17) is 21.1 Å². The molecule has 1 fully saturated rings. The standard InChI is InChI=1S/C37H48ClN3O6S/c1-4-29-9-5-6-10-33(46-21-35(42)39-24(2)3)30-14-11-27(30)20-41-22-37(17-7-8-25-18-28(38)13-15-31(25)37)23-47-34-16-12-26(19-32(34)41)36(43)40-48(29,44)45/h6,10,12-13,15-16,18-19,24,27,29-30,33H,4-5,7-9,11,14,17,20-23H2,1-3H3,(H,39,42)(H,40,43)/b10-6-/t27-,29+,30+,33-,37-/m0/s1. The number of fused-ring (bicyclic) bond motifs is 4. The summed E-state index contributed by atoms with van der Waals surface area (Å²) in [6.07, 6.45) is 9.85. The summed E-state index contributed by atoms with van der Waals surface area (Å²) in [5.41, 5.74) is 3.27. The molecular weight excluding hydrogens is 650 g/mol. The summed E-state index contributed by atoms with van der Waals surface area (Å²) in [6, 6.07) is 11.4. The van der Waals surface area contributed by atoms with Gasteiger partial charge in [-0.3, -0.25) is 9.59 Å². The van der Waals surface area contributed by atoms with Crippen molar-refractivity contribution in [2.24, 2.45) is 11.8 Å². The molecule has 2 aliphatic heterocycles. The van der Waals surface area contributed by atoms with Gasteiger partial charge in [-0.1, -0.05) is 36.7 Å². The lowest BCUT2D eigenvalue weighted by atomic mass is 9.68. The fraction of sp³-hybridized carbons (Fsp3) is 0.568. The minimum Gasteiger partial charge on any atom is -0.490 e. The Kier molecular flexibility index (Phi) is 10.4. The molecule has 2 amide bonds. The number of allylic oxidation sites excluding steroid dienone is 1. The molecule has 11 heteroatoms. The van der Waals surface area contributed by atoms with Gasteiger partial charge in [0.2, 0.25) is 15.9 Å². The van der Waals surface area contributed by atoms with E-state index in [0.29, 0.717) is 44.7 Å². The first-order valence-electron chi connectivity index (χ1n) is 17.4. The molecule has 5 atom stereocenters. The molecule has 0 saturated heterocycles. The van der Waals surface area contributed by atoms with Crippen molar-refractivity contribution >= 4 is 39.1 Å². The molecule has 1 spiro atoms. The number of nitrogens with zero attached hydrogens (tertiary/aromatic N) is 1. The van der Waals surface area contributed by atoms with Crippen molar-refractivity contribution in [2.75, 3.05) is 31.2 Å². The minimum atomic E-state index is -3.93. The maximum Gasteiger partial charge on any atom is 0.264 e. The number of anilines is 1. The number of amides is 2. The van der Waals surface area contributed by atoms with Gasteiger partial charge in [0.05, 0.1) is 23.6 Å². The molecular formula is C37H48ClN3O6S. The van der Waals surface area contributed by atoms with Gasteiger partial charge in [-0.05, 0) is 119 Å². The number of aryl methyl sites for hydroxylation is 1. The number of ether oxygens (including phenoxy) is 2. The lowest BCUT2D eigenvalue weighted by Gasteiger charge is -2.46. The first-order chi connectivity index (χ1) is 23.0. The first kappa shape index (κ1) is 34.8. The van der Waals surface area contributed by atoms with Crippen molar-refractivity contribution < 1.29 is 27.5 Å². The maximum absolute atomic E-state index is 13.5. The Morgan fingerprint density at radius 1 is 1.19 bits per heavy atom. The summed E-state index contributed by atoms with van der Waals surface area (Å²) in [5, 5.41) is 2.91. The molecule has 48 heavy (non-hydrogen) atoms. The number of hydrogen-bond acceptors (Lipinski definition) is 7. The van der Waals surface area contributed by atoms with Crippen LogP contribution in [0, 0.1) is 11.8 Å². The largest absolute Gasteiger partial charge is 0.490 e. The van der Waals surface area contributed by atoms with Crippen molar-refractivity contribution in [3.8, 4) is 5.75 Å². The van der Waals surface area contributed by atoms with Crippen LogP contribution in [0.2, 0.25) is 5.02 Å². The van der Waals surface area contributed by atoms with Gasteiger partial charge in [-0.2, -0.15) is 0 Å². The van der Waals surface area contributed by atoms with Crippen LogP contribution in [0.5, 0.6) is 5.75 Å². The Bertz CT molecular complexity index is 1660. The van der Waals surface area contributed by atoms with E-state index in [9.17, 15) is 18.0 Å². The second-order valence-corrected chi connectivity index (χ2v) is 16.7. The highest BCUT2D eigenvalue weighted by molar-refractivity contribution is 7.90. The number of rotatable bonds is 5. The zero-order valence-electron chi connectivity index (χ0n) is 28.2. The van der Waals surface area contributed by atoms with Crippen LogP contribution in [0.15, 0.2) is 48.6 Å². The highest BCUT2D eigenvalue weighted by Crippen LogP contribution is 2.47. The number of carbonyl (C=O) groups is 2. The smallest absolute Gasteiger partial charge is 0.264 e. The summed E-state index contributed by atoms with van der Waals surface area (Å²) in [5.74, 6) is 0.342. The highest BCUT2D eigenvalue weighted by Gasteiger charge is 2.44. The Hall–Kier alpha value is -3.08. The van der Waals surface area contributed by atoms with Crippen LogP contribution in [0.4, 0.5) is 5.69 Å². The summed E-state index contributed by atoms with van der Waals surface area (Å²) >= 11 is 6.44. The minimum absolute atomic E-state index is 0.0157. The van der Waals surface area contributed by atoms with E-state index in [1.54, 1.807) is 18.2 Å². The third-order valence-corrected chi connectivity index (χ3v) is 12.8. The molecule has 2 N–H and O–H groups in total. The lowest BCUT2D eigenvalue weighted by Crippen LogP contribution is -2.50. The number of benzene rings is 2. The summed E-state index contributed by atoms with van der Waals surface area (Å²) < 4.78 is 42.0. The topological polar surface area (TPSA) is 114 Å². The van der Waals surface area contributed by atoms with Crippen molar-refractivity contribution in [1.82, 2.24) is 10.0 Å². The number of nitrogens with one attached hydrogen (secondary N) is 2. The fourth-order valence-electron chi connectivity index (χ4n) is 8.01. The second-order valence-electron chi connectivity index (χ2n) is 14.3. The molecule has 1 saturated carbocycles. The van der Waals surface area contributed by atoms with Crippen molar-refractivity contribution in [3.05, 3.63) is 70.3 Å². The molecule has 2 aromatic rings. The SMILES string of the molecule is CC[C@@H]1CC/C=C\[C@H](OCC(=O)NC(C)C)[C@@H]2CC[C@H]2CN2C[C@@]3(CCCc4cc(Cl)ccc43)COc3ccc(cc32)C(=O)NS1(=O)=O. The van der Waals surface area contributed by atoms with Gasteiger partial charge in [0.15, 0.2) is 0 Å². The second kappa shape index (κ2) is 14.4. The van der Waals surface area contributed by atoms with E-state index in [0.717, 1.165) is 42.8 Å². The number of sulfonamides is 1. The number of halogens is 1. The summed E-state index contributed by atoms with van der Waals surface area (Å²) in [7, 11) is -3.93. The van der Waals surface area contributed by atoms with Crippen LogP contribution in [-0.2, 0) is 31.4 Å². The van der Waals surface area contributed by atoms with Crippen LogP contribution in [0.3, 0.4) is 0 Å². The van der Waals surface area contributed by atoms with E-state index >= 15 is 0 Å². The summed E-state index contributed by atoms with van der Waals surface area (Å²) in [6.45, 7) is 7.49. The normalized spacial score (nSPS) is 29.0. The quantitative estimate of drug-likeness (QED) is 0.372. The van der Waals surface area contributed by atoms with Crippen LogP contribution in [0.1, 0.15) is 87.2 Å². The Labute approximate surface area is 289 Å². The molecule has 260 valence electrons. The maximum atomic E-state index is 13.5. The van der Waals surface area contributed by atoms with E-state index in [1.807, 2.05) is 39.0 Å². The van der Waals surface area contributed by atoms with Gasteiger partial charge in [-0.15, -0.1) is 0 Å². The first-order valence-corrected chi connectivity index (χ1v) is 19.3. The molecule has 0 aromatic heterocycles. The van der Waals surface area contributed by atoms with Crippen molar-refractivity contribution in [1.29, 1.82) is 0 Å². The molecule has 2 bridgehead atoms. The highest BCUT2D eigenvalue weighted by atomic mass is 35.5. The monoisotopic (exact) mass is 697 g/mol. The van der Waals surface area contributed by atoms with Gasteiger partial charge in [0, 0.05) is 35.1 Å². The molecule has 2 aliphatic carbocycles. The fourth-order valence-corrected chi connectivity index (χ4v) is 9.64. The number of carbonyl (C=O) groups excluding carboxylic acids is 2. The lowest BCUT2D eigenvalue weighted by molar-refractivity contribution is -0.129. The van der Waals surface area contributed by atoms with Crippen molar-refractivity contribution in [3.63, 3.8) is 0 Å². The van der Waals surface area contributed by atoms with E-state index in [-0.39, 0.29) is 47.5 Å². The Balaban J connectivity index is 1.39.